The van der Waals surface area contributed by atoms with Crippen molar-refractivity contribution in [1.82, 2.24) is 0 Å². The molecule has 0 aromatic heterocycles. The van der Waals surface area contributed by atoms with E-state index < -0.39 is 5.60 Å². The normalized spacial score (nSPS) is 12.2. The van der Waals surface area contributed by atoms with Gasteiger partial charge in [-0.05, 0) is 37.0 Å². The molecule has 0 aliphatic rings. The molecular formula is C13H19FO. The largest absolute Gasteiger partial charge is 0.390 e. The van der Waals surface area contributed by atoms with Crippen molar-refractivity contribution in [1.29, 1.82) is 0 Å². The van der Waals surface area contributed by atoms with Gasteiger partial charge in [0.25, 0.3) is 0 Å². The summed E-state index contributed by atoms with van der Waals surface area (Å²) >= 11 is 0. The molecule has 0 amide bonds. The van der Waals surface area contributed by atoms with Crippen molar-refractivity contribution in [3.63, 3.8) is 0 Å². The zero-order chi connectivity index (χ0) is 11.6. The summed E-state index contributed by atoms with van der Waals surface area (Å²) in [6, 6.07) is 5.25. The Balaban J connectivity index is 2.94. The molecule has 1 N–H and O–H groups in total. The van der Waals surface area contributed by atoms with Gasteiger partial charge in [-0.3, -0.25) is 0 Å². The quantitative estimate of drug-likeness (QED) is 0.811. The molecule has 0 heterocycles. The molecule has 0 radical (unpaired) electrons. The highest BCUT2D eigenvalue weighted by atomic mass is 19.1. The van der Waals surface area contributed by atoms with Gasteiger partial charge in [-0.15, -0.1) is 0 Å². The third-order valence-corrected chi connectivity index (χ3v) is 2.37. The molecule has 0 saturated heterocycles. The predicted octanol–water partition coefficient (Wildman–Crippen LogP) is 3.26. The van der Waals surface area contributed by atoms with Crippen LogP contribution in [0, 0.1) is 5.82 Å². The van der Waals surface area contributed by atoms with E-state index in [9.17, 15) is 9.50 Å². The topological polar surface area (TPSA) is 20.2 Å². The van der Waals surface area contributed by atoms with Crippen molar-refractivity contribution in [2.24, 2.45) is 0 Å². The molecule has 1 aromatic rings. The summed E-state index contributed by atoms with van der Waals surface area (Å²) in [5.41, 5.74) is 0.707. The van der Waals surface area contributed by atoms with Gasteiger partial charge in [0.1, 0.15) is 5.82 Å². The summed E-state index contributed by atoms with van der Waals surface area (Å²) in [6.07, 6.45) is 0.344. The van der Waals surface area contributed by atoms with Crippen LogP contribution in [0.5, 0.6) is 0 Å². The SMILES string of the molecule is CC(C)c1ccc(CC(C)(C)O)c(F)c1. The number of hydrogen-bond donors (Lipinski definition) is 1. The number of aliphatic hydroxyl groups is 1. The molecule has 84 valence electrons. The molecule has 0 unspecified atom stereocenters. The first kappa shape index (κ1) is 12.2. The lowest BCUT2D eigenvalue weighted by Crippen LogP contribution is -2.22. The summed E-state index contributed by atoms with van der Waals surface area (Å²) < 4.78 is 13.6. The molecule has 0 saturated carbocycles. The van der Waals surface area contributed by atoms with Gasteiger partial charge in [0.2, 0.25) is 0 Å². The first-order chi connectivity index (χ1) is 6.79. The molecule has 1 rings (SSSR count). The van der Waals surface area contributed by atoms with E-state index in [1.165, 1.54) is 0 Å². The molecule has 0 spiro atoms. The Bertz CT molecular complexity index is 337. The fourth-order valence-corrected chi connectivity index (χ4v) is 1.53. The Morgan fingerprint density at radius 1 is 1.33 bits per heavy atom. The van der Waals surface area contributed by atoms with Crippen LogP contribution >= 0.6 is 0 Å². The molecule has 15 heavy (non-hydrogen) atoms. The molecule has 0 atom stereocenters. The van der Waals surface area contributed by atoms with Gasteiger partial charge in [0.15, 0.2) is 0 Å². The van der Waals surface area contributed by atoms with Crippen molar-refractivity contribution >= 4 is 0 Å². The maximum atomic E-state index is 13.6. The minimum absolute atomic E-state index is 0.219. The summed E-state index contributed by atoms with van der Waals surface area (Å²) in [5, 5.41) is 9.61. The molecule has 0 bridgehead atoms. The Morgan fingerprint density at radius 2 is 1.93 bits per heavy atom. The van der Waals surface area contributed by atoms with E-state index in [0.717, 1.165) is 5.56 Å². The van der Waals surface area contributed by atoms with Crippen molar-refractivity contribution in [3.8, 4) is 0 Å². The van der Waals surface area contributed by atoms with E-state index >= 15 is 0 Å². The molecule has 1 aromatic carbocycles. The van der Waals surface area contributed by atoms with Gasteiger partial charge < -0.3 is 5.11 Å². The number of rotatable bonds is 3. The van der Waals surface area contributed by atoms with Crippen molar-refractivity contribution in [3.05, 3.63) is 35.1 Å². The summed E-state index contributed by atoms with van der Waals surface area (Å²) in [7, 11) is 0. The van der Waals surface area contributed by atoms with E-state index in [4.69, 9.17) is 0 Å². The zero-order valence-corrected chi connectivity index (χ0v) is 9.84. The van der Waals surface area contributed by atoms with Crippen molar-refractivity contribution in [2.75, 3.05) is 0 Å². The third kappa shape index (κ3) is 3.63. The van der Waals surface area contributed by atoms with Crippen LogP contribution in [-0.4, -0.2) is 10.7 Å². The monoisotopic (exact) mass is 210 g/mol. The van der Waals surface area contributed by atoms with Gasteiger partial charge in [-0.2, -0.15) is 0 Å². The minimum Gasteiger partial charge on any atom is -0.390 e. The summed E-state index contributed by atoms with van der Waals surface area (Å²) in [4.78, 5) is 0. The van der Waals surface area contributed by atoms with Gasteiger partial charge in [0.05, 0.1) is 5.60 Å². The predicted molar refractivity (Wildman–Crippen MR) is 60.5 cm³/mol. The third-order valence-electron chi connectivity index (χ3n) is 2.37. The van der Waals surface area contributed by atoms with Gasteiger partial charge in [0, 0.05) is 6.42 Å². The first-order valence-electron chi connectivity index (χ1n) is 5.30. The Hall–Kier alpha value is -0.890. The minimum atomic E-state index is -0.861. The lowest BCUT2D eigenvalue weighted by atomic mass is 9.95. The van der Waals surface area contributed by atoms with E-state index in [1.54, 1.807) is 26.0 Å². The smallest absolute Gasteiger partial charge is 0.126 e. The fourth-order valence-electron chi connectivity index (χ4n) is 1.53. The second-order valence-corrected chi connectivity index (χ2v) is 4.99. The standard InChI is InChI=1S/C13H19FO/c1-9(2)10-5-6-11(12(14)7-10)8-13(3,4)15/h5-7,9,15H,8H2,1-4H3. The van der Waals surface area contributed by atoms with Crippen LogP contribution in [0.15, 0.2) is 18.2 Å². The highest BCUT2D eigenvalue weighted by molar-refractivity contribution is 5.27. The Morgan fingerprint density at radius 3 is 2.33 bits per heavy atom. The molecule has 0 aliphatic heterocycles. The summed E-state index contributed by atoms with van der Waals surface area (Å²) in [6.45, 7) is 7.43. The van der Waals surface area contributed by atoms with Gasteiger partial charge in [-0.1, -0.05) is 26.0 Å². The fraction of sp³-hybridized carbons (Fsp3) is 0.538. The number of halogens is 1. The van der Waals surface area contributed by atoms with Crippen molar-refractivity contribution < 1.29 is 9.50 Å². The average molecular weight is 210 g/mol. The van der Waals surface area contributed by atoms with E-state index in [0.29, 0.717) is 17.9 Å². The Kier molecular flexibility index (Phi) is 3.50. The van der Waals surface area contributed by atoms with Crippen LogP contribution < -0.4 is 0 Å². The molecule has 0 fully saturated rings. The van der Waals surface area contributed by atoms with Crippen LogP contribution in [0.3, 0.4) is 0 Å². The second-order valence-electron chi connectivity index (χ2n) is 4.99. The number of benzene rings is 1. The molecule has 1 nitrogen and oxygen atoms in total. The van der Waals surface area contributed by atoms with Crippen LogP contribution in [0.25, 0.3) is 0 Å². The van der Waals surface area contributed by atoms with Gasteiger partial charge >= 0.3 is 0 Å². The second kappa shape index (κ2) is 4.31. The molecule has 2 heteroatoms. The lowest BCUT2D eigenvalue weighted by Gasteiger charge is -2.18. The maximum Gasteiger partial charge on any atom is 0.126 e. The van der Waals surface area contributed by atoms with Crippen LogP contribution in [-0.2, 0) is 6.42 Å². The number of hydrogen-bond acceptors (Lipinski definition) is 1. The maximum absolute atomic E-state index is 13.6. The summed E-state index contributed by atoms with van der Waals surface area (Å²) in [5.74, 6) is 0.110. The van der Waals surface area contributed by atoms with E-state index in [2.05, 4.69) is 0 Å². The average Bonchev–Trinajstić information content (AvgIpc) is 2.05. The zero-order valence-electron chi connectivity index (χ0n) is 9.84. The highest BCUT2D eigenvalue weighted by Crippen LogP contribution is 2.21. The van der Waals surface area contributed by atoms with E-state index in [1.807, 2.05) is 19.9 Å². The first-order valence-corrected chi connectivity index (χ1v) is 5.30. The van der Waals surface area contributed by atoms with Crippen LogP contribution in [0.1, 0.15) is 44.7 Å². The van der Waals surface area contributed by atoms with Crippen LogP contribution in [0.2, 0.25) is 0 Å². The highest BCUT2D eigenvalue weighted by Gasteiger charge is 2.16. The Labute approximate surface area is 90.9 Å². The molecular weight excluding hydrogens is 191 g/mol. The lowest BCUT2D eigenvalue weighted by molar-refractivity contribution is 0.0800. The molecule has 0 aliphatic carbocycles. The van der Waals surface area contributed by atoms with Crippen molar-refractivity contribution in [2.45, 2.75) is 45.6 Å². The van der Waals surface area contributed by atoms with E-state index in [-0.39, 0.29) is 5.82 Å². The van der Waals surface area contributed by atoms with Gasteiger partial charge in [-0.25, -0.2) is 4.39 Å². The van der Waals surface area contributed by atoms with Crippen LogP contribution in [0.4, 0.5) is 4.39 Å².